The summed E-state index contributed by atoms with van der Waals surface area (Å²) < 4.78 is 32.5. The largest absolute Gasteiger partial charge is 0.497 e. The number of amides is 1. The maximum absolute atomic E-state index is 13.3. The number of carbonyl (C=O) groups is 1. The van der Waals surface area contributed by atoms with Crippen LogP contribution >= 0.6 is 15.9 Å². The number of pyridine rings is 1. The lowest BCUT2D eigenvalue weighted by Gasteiger charge is -2.19. The van der Waals surface area contributed by atoms with E-state index < -0.39 is 15.1 Å². The van der Waals surface area contributed by atoms with E-state index in [9.17, 15) is 13.2 Å². The Bertz CT molecular complexity index is 1070. The van der Waals surface area contributed by atoms with Crippen LogP contribution in [0.1, 0.15) is 21.2 Å². The highest BCUT2D eigenvalue weighted by Crippen LogP contribution is 2.29. The number of carbonyl (C=O) groups excluding carboxylic acids is 1. The highest BCUT2D eigenvalue weighted by atomic mass is 79.9. The Morgan fingerprint density at radius 2 is 1.79 bits per heavy atom. The fourth-order valence-corrected chi connectivity index (χ4v) is 4.70. The molecule has 29 heavy (non-hydrogen) atoms. The molecule has 0 spiro atoms. The van der Waals surface area contributed by atoms with Gasteiger partial charge in [0.1, 0.15) is 11.0 Å². The number of nitrogens with one attached hydrogen (secondary N) is 1. The molecule has 8 heteroatoms. The van der Waals surface area contributed by atoms with Crippen molar-refractivity contribution in [2.24, 2.45) is 0 Å². The molecule has 0 bridgehead atoms. The molecule has 0 saturated carbocycles. The van der Waals surface area contributed by atoms with Gasteiger partial charge in [-0.1, -0.05) is 22.0 Å². The first-order chi connectivity index (χ1) is 13.9. The highest BCUT2D eigenvalue weighted by molar-refractivity contribution is 9.10. The molecule has 1 heterocycles. The number of ether oxygens (including phenoxy) is 1. The molecule has 1 amide bonds. The number of sulfone groups is 1. The number of benzene rings is 2. The zero-order valence-electron chi connectivity index (χ0n) is 15.6. The van der Waals surface area contributed by atoms with Crippen molar-refractivity contribution in [1.29, 1.82) is 0 Å². The Kier molecular flexibility index (Phi) is 6.66. The molecule has 3 aromatic rings. The smallest absolute Gasteiger partial charge is 0.251 e. The molecule has 1 N–H and O–H groups in total. The molecule has 3 rings (SSSR count). The monoisotopic (exact) mass is 474 g/mol. The zero-order valence-corrected chi connectivity index (χ0v) is 18.0. The standard InChI is InChI=1S/C21H19BrN2O4S/c1-28-18-8-10-19(11-9-18)29(26,27)20(16-3-2-12-23-13-16)14-24-21(25)15-4-6-17(22)7-5-15/h2-13,20H,14H2,1H3,(H,24,25)/t20-/m1/s1. The number of halogens is 1. The van der Waals surface area contributed by atoms with Crippen LogP contribution in [0.15, 0.2) is 82.4 Å². The lowest BCUT2D eigenvalue weighted by Crippen LogP contribution is -2.32. The number of aromatic nitrogens is 1. The minimum Gasteiger partial charge on any atom is -0.497 e. The van der Waals surface area contributed by atoms with E-state index in [4.69, 9.17) is 4.74 Å². The molecule has 0 aliphatic carbocycles. The first-order valence-corrected chi connectivity index (χ1v) is 11.1. The van der Waals surface area contributed by atoms with Gasteiger partial charge < -0.3 is 10.1 Å². The van der Waals surface area contributed by atoms with Crippen LogP contribution in [-0.4, -0.2) is 33.0 Å². The zero-order chi connectivity index (χ0) is 20.9. The summed E-state index contributed by atoms with van der Waals surface area (Å²) in [4.78, 5) is 16.7. The molecule has 2 aromatic carbocycles. The highest BCUT2D eigenvalue weighted by Gasteiger charge is 2.30. The van der Waals surface area contributed by atoms with Crippen LogP contribution in [-0.2, 0) is 9.84 Å². The van der Waals surface area contributed by atoms with Gasteiger partial charge in [0.15, 0.2) is 9.84 Å². The van der Waals surface area contributed by atoms with Crippen LogP contribution in [0.2, 0.25) is 0 Å². The Hall–Kier alpha value is -2.71. The minimum absolute atomic E-state index is 0.0883. The summed E-state index contributed by atoms with van der Waals surface area (Å²) in [6.45, 7) is -0.0883. The fraction of sp³-hybridized carbons (Fsp3) is 0.143. The first kappa shape index (κ1) is 21.0. The summed E-state index contributed by atoms with van der Waals surface area (Å²) in [7, 11) is -2.27. The van der Waals surface area contributed by atoms with Crippen LogP contribution < -0.4 is 10.1 Å². The average Bonchev–Trinajstić information content (AvgIpc) is 2.75. The number of methoxy groups -OCH3 is 1. The van der Waals surface area contributed by atoms with E-state index in [0.717, 1.165) is 4.47 Å². The predicted octanol–water partition coefficient (Wildman–Crippen LogP) is 3.80. The third-order valence-corrected chi connectivity index (χ3v) is 7.02. The number of nitrogens with zero attached hydrogens (tertiary/aromatic N) is 1. The first-order valence-electron chi connectivity index (χ1n) is 8.73. The maximum atomic E-state index is 13.3. The number of hydrogen-bond donors (Lipinski definition) is 1. The Balaban J connectivity index is 1.88. The van der Waals surface area contributed by atoms with Crippen molar-refractivity contribution in [3.8, 4) is 5.75 Å². The van der Waals surface area contributed by atoms with Crippen LogP contribution in [0.25, 0.3) is 0 Å². The van der Waals surface area contributed by atoms with E-state index in [0.29, 0.717) is 16.9 Å². The van der Waals surface area contributed by atoms with Crippen molar-refractivity contribution in [1.82, 2.24) is 10.3 Å². The van der Waals surface area contributed by atoms with Gasteiger partial charge in [0, 0.05) is 29.0 Å². The van der Waals surface area contributed by atoms with E-state index in [1.807, 2.05) is 0 Å². The van der Waals surface area contributed by atoms with E-state index in [1.54, 1.807) is 54.7 Å². The van der Waals surface area contributed by atoms with Crippen LogP contribution in [0.3, 0.4) is 0 Å². The Morgan fingerprint density at radius 1 is 1.10 bits per heavy atom. The van der Waals surface area contributed by atoms with Crippen molar-refractivity contribution >= 4 is 31.7 Å². The topological polar surface area (TPSA) is 85.4 Å². The van der Waals surface area contributed by atoms with Gasteiger partial charge in [0.05, 0.1) is 12.0 Å². The van der Waals surface area contributed by atoms with Crippen molar-refractivity contribution in [2.75, 3.05) is 13.7 Å². The molecule has 150 valence electrons. The third-order valence-electron chi connectivity index (χ3n) is 4.37. The van der Waals surface area contributed by atoms with Crippen molar-refractivity contribution in [2.45, 2.75) is 10.1 Å². The fourth-order valence-electron chi connectivity index (χ4n) is 2.79. The van der Waals surface area contributed by atoms with E-state index in [-0.39, 0.29) is 17.3 Å². The number of rotatable bonds is 7. The Labute approximate surface area is 178 Å². The summed E-state index contributed by atoms with van der Waals surface area (Å²) >= 11 is 3.32. The van der Waals surface area contributed by atoms with Gasteiger partial charge >= 0.3 is 0 Å². The van der Waals surface area contributed by atoms with Gasteiger partial charge in [-0.15, -0.1) is 0 Å². The third kappa shape index (κ3) is 5.02. The Morgan fingerprint density at radius 3 is 2.38 bits per heavy atom. The van der Waals surface area contributed by atoms with Crippen LogP contribution in [0.4, 0.5) is 0 Å². The second-order valence-electron chi connectivity index (χ2n) is 6.21. The quantitative estimate of drug-likeness (QED) is 0.562. The molecule has 6 nitrogen and oxygen atoms in total. The second-order valence-corrected chi connectivity index (χ2v) is 9.26. The van der Waals surface area contributed by atoms with E-state index in [2.05, 4.69) is 26.2 Å². The molecular formula is C21H19BrN2O4S. The summed E-state index contributed by atoms with van der Waals surface area (Å²) in [6.07, 6.45) is 3.07. The van der Waals surface area contributed by atoms with E-state index in [1.165, 1.54) is 25.4 Å². The molecule has 0 aliphatic heterocycles. The molecule has 0 fully saturated rings. The van der Waals surface area contributed by atoms with Gasteiger partial charge in [-0.2, -0.15) is 0 Å². The molecular weight excluding hydrogens is 456 g/mol. The molecule has 1 aromatic heterocycles. The maximum Gasteiger partial charge on any atom is 0.251 e. The van der Waals surface area contributed by atoms with Crippen LogP contribution in [0.5, 0.6) is 5.75 Å². The van der Waals surface area contributed by atoms with Gasteiger partial charge in [0.2, 0.25) is 0 Å². The van der Waals surface area contributed by atoms with Crippen molar-refractivity contribution in [3.05, 3.63) is 88.7 Å². The van der Waals surface area contributed by atoms with Gasteiger partial charge in [0.25, 0.3) is 5.91 Å². The normalized spacial score (nSPS) is 12.2. The average molecular weight is 475 g/mol. The minimum atomic E-state index is -3.78. The van der Waals surface area contributed by atoms with Crippen molar-refractivity contribution in [3.63, 3.8) is 0 Å². The molecule has 0 saturated heterocycles. The summed E-state index contributed by atoms with van der Waals surface area (Å²) in [5, 5.41) is 1.75. The number of hydrogen-bond acceptors (Lipinski definition) is 5. The summed E-state index contributed by atoms with van der Waals surface area (Å²) in [6, 6.07) is 16.4. The second kappa shape index (κ2) is 9.19. The molecule has 0 unspecified atom stereocenters. The molecule has 0 radical (unpaired) electrons. The predicted molar refractivity (Wildman–Crippen MR) is 114 cm³/mol. The van der Waals surface area contributed by atoms with Crippen LogP contribution in [0, 0.1) is 0 Å². The van der Waals surface area contributed by atoms with Gasteiger partial charge in [-0.3, -0.25) is 9.78 Å². The SMILES string of the molecule is COc1ccc(S(=O)(=O)[C@H](CNC(=O)c2ccc(Br)cc2)c2cccnc2)cc1. The van der Waals surface area contributed by atoms with Crippen molar-refractivity contribution < 1.29 is 17.9 Å². The lowest BCUT2D eigenvalue weighted by molar-refractivity contribution is 0.0953. The molecule has 1 atom stereocenters. The summed E-state index contributed by atoms with van der Waals surface area (Å²) in [5.41, 5.74) is 0.944. The van der Waals surface area contributed by atoms with E-state index >= 15 is 0 Å². The van der Waals surface area contributed by atoms with Gasteiger partial charge in [-0.05, 0) is 60.2 Å². The molecule has 0 aliphatic rings. The van der Waals surface area contributed by atoms with Gasteiger partial charge in [-0.25, -0.2) is 8.42 Å². The summed E-state index contributed by atoms with van der Waals surface area (Å²) in [5.74, 6) is 0.210. The lowest BCUT2D eigenvalue weighted by atomic mass is 10.2.